The third-order valence-corrected chi connectivity index (χ3v) is 2.18. The molecule has 3 N–H and O–H groups in total. The second kappa shape index (κ2) is 4.23. The summed E-state index contributed by atoms with van der Waals surface area (Å²) in [5.41, 5.74) is 5.59. The molecule has 14 heavy (non-hydrogen) atoms. The quantitative estimate of drug-likeness (QED) is 0.595. The zero-order valence-electron chi connectivity index (χ0n) is 8.01. The second-order valence-corrected chi connectivity index (χ2v) is 3.48. The molecule has 0 heterocycles. The minimum atomic E-state index is -1.01. The van der Waals surface area contributed by atoms with Crippen LogP contribution < -0.4 is 5.73 Å². The first-order chi connectivity index (χ1) is 6.50. The van der Waals surface area contributed by atoms with E-state index in [9.17, 15) is 9.59 Å². The lowest BCUT2D eigenvalue weighted by molar-refractivity contribution is -0.144. The van der Waals surface area contributed by atoms with Crippen LogP contribution in [-0.4, -0.2) is 41.5 Å². The van der Waals surface area contributed by atoms with Gasteiger partial charge >= 0.3 is 5.97 Å². The first-order valence-corrected chi connectivity index (χ1v) is 4.41. The maximum atomic E-state index is 11.6. The Kier molecular flexibility index (Phi) is 3.24. The molecule has 0 radical (unpaired) electrons. The smallest absolute Gasteiger partial charge is 0.323 e. The zero-order chi connectivity index (χ0) is 10.7. The van der Waals surface area contributed by atoms with E-state index in [1.165, 1.54) is 11.9 Å². The monoisotopic (exact) mass is 198 g/mol. The molecule has 1 aliphatic carbocycles. The number of rotatable bonds is 3. The number of carboxylic acid groups (broad SMARTS) is 1. The van der Waals surface area contributed by atoms with Crippen molar-refractivity contribution in [1.82, 2.24) is 4.90 Å². The lowest BCUT2D eigenvalue weighted by atomic mass is 10.1. The van der Waals surface area contributed by atoms with Crippen LogP contribution in [0.3, 0.4) is 0 Å². The number of carbonyl (C=O) groups excluding carboxylic acids is 1. The number of aliphatic carboxylic acids is 1. The van der Waals surface area contributed by atoms with Gasteiger partial charge in [0, 0.05) is 13.1 Å². The van der Waals surface area contributed by atoms with Crippen molar-refractivity contribution < 1.29 is 14.7 Å². The van der Waals surface area contributed by atoms with Crippen LogP contribution in [0.5, 0.6) is 0 Å². The van der Waals surface area contributed by atoms with E-state index in [2.05, 4.69) is 0 Å². The predicted molar refractivity (Wildman–Crippen MR) is 50.5 cm³/mol. The van der Waals surface area contributed by atoms with Crippen LogP contribution in [0.4, 0.5) is 0 Å². The van der Waals surface area contributed by atoms with Crippen molar-refractivity contribution in [1.29, 1.82) is 0 Å². The molecular formula is C9H14N2O3. The molecule has 0 saturated heterocycles. The predicted octanol–water partition coefficient (Wildman–Crippen LogP) is -0.567. The topological polar surface area (TPSA) is 83.6 Å². The molecule has 1 amide bonds. The van der Waals surface area contributed by atoms with Gasteiger partial charge in [-0.05, 0) is 6.42 Å². The van der Waals surface area contributed by atoms with Gasteiger partial charge in [-0.1, -0.05) is 12.2 Å². The van der Waals surface area contributed by atoms with Crippen molar-refractivity contribution in [2.75, 3.05) is 13.6 Å². The van der Waals surface area contributed by atoms with E-state index in [0.717, 1.165) is 0 Å². The van der Waals surface area contributed by atoms with Gasteiger partial charge in [0.2, 0.25) is 5.91 Å². The fraction of sp³-hybridized carbons (Fsp3) is 0.556. The average Bonchev–Trinajstić information content (AvgIpc) is 2.49. The lowest BCUT2D eigenvalue weighted by Gasteiger charge is -2.18. The van der Waals surface area contributed by atoms with E-state index >= 15 is 0 Å². The van der Waals surface area contributed by atoms with Crippen LogP contribution in [0, 0.1) is 5.92 Å². The van der Waals surface area contributed by atoms with E-state index in [-0.39, 0.29) is 24.4 Å². The van der Waals surface area contributed by atoms with Crippen molar-refractivity contribution in [2.24, 2.45) is 11.7 Å². The third kappa shape index (κ3) is 2.56. The van der Waals surface area contributed by atoms with Crippen LogP contribution >= 0.6 is 0 Å². The van der Waals surface area contributed by atoms with E-state index in [1.807, 2.05) is 0 Å². The summed E-state index contributed by atoms with van der Waals surface area (Å²) in [5.74, 6) is -1.45. The molecule has 5 nitrogen and oxygen atoms in total. The Bertz CT molecular complexity index is 275. The molecular weight excluding hydrogens is 184 g/mol. The molecule has 1 rings (SSSR count). The summed E-state index contributed by atoms with van der Waals surface area (Å²) in [7, 11) is 1.48. The Morgan fingerprint density at radius 1 is 1.57 bits per heavy atom. The van der Waals surface area contributed by atoms with Gasteiger partial charge in [-0.3, -0.25) is 9.59 Å². The number of hydrogen-bond donors (Lipinski definition) is 2. The molecule has 0 aromatic heterocycles. The number of hydrogen-bond acceptors (Lipinski definition) is 3. The fourth-order valence-corrected chi connectivity index (χ4v) is 1.47. The van der Waals surface area contributed by atoms with Gasteiger partial charge < -0.3 is 15.7 Å². The Morgan fingerprint density at radius 3 is 2.64 bits per heavy atom. The first kappa shape index (κ1) is 10.7. The lowest BCUT2D eigenvalue weighted by Crippen LogP contribution is -2.36. The number of nitrogens with zero attached hydrogens (tertiary/aromatic N) is 1. The highest BCUT2D eigenvalue weighted by atomic mass is 16.4. The number of carbonyl (C=O) groups is 2. The van der Waals surface area contributed by atoms with Crippen LogP contribution in [0.25, 0.3) is 0 Å². The van der Waals surface area contributed by atoms with E-state index in [4.69, 9.17) is 10.8 Å². The Labute approximate surface area is 82.2 Å². The second-order valence-electron chi connectivity index (χ2n) is 3.48. The van der Waals surface area contributed by atoms with Crippen LogP contribution in [0.15, 0.2) is 12.2 Å². The van der Waals surface area contributed by atoms with Crippen LogP contribution in [0.1, 0.15) is 6.42 Å². The van der Waals surface area contributed by atoms with Gasteiger partial charge in [0.05, 0.1) is 5.92 Å². The largest absolute Gasteiger partial charge is 0.480 e. The highest BCUT2D eigenvalue weighted by Gasteiger charge is 2.25. The maximum Gasteiger partial charge on any atom is 0.323 e. The van der Waals surface area contributed by atoms with E-state index in [1.54, 1.807) is 12.2 Å². The normalized spacial score (nSPS) is 25.0. The standard InChI is InChI=1S/C9H14N2O3/c1-11(5-8(12)13)9(14)6-2-3-7(10)4-6/h2-3,6-7H,4-5,10H2,1H3,(H,12,13). The molecule has 0 spiro atoms. The molecule has 0 saturated carbocycles. The third-order valence-electron chi connectivity index (χ3n) is 2.18. The molecule has 5 heteroatoms. The molecule has 0 bridgehead atoms. The fourth-order valence-electron chi connectivity index (χ4n) is 1.47. The molecule has 1 aliphatic rings. The van der Waals surface area contributed by atoms with Crippen molar-refractivity contribution in [3.8, 4) is 0 Å². The number of carboxylic acids is 1. The van der Waals surface area contributed by atoms with Gasteiger partial charge in [0.15, 0.2) is 0 Å². The SMILES string of the molecule is CN(CC(=O)O)C(=O)C1C=CC(N)C1. The van der Waals surface area contributed by atoms with E-state index < -0.39 is 5.97 Å². The van der Waals surface area contributed by atoms with Crippen LogP contribution in [0.2, 0.25) is 0 Å². The number of likely N-dealkylation sites (N-methyl/N-ethyl adjacent to an activating group) is 1. The summed E-state index contributed by atoms with van der Waals surface area (Å²) in [4.78, 5) is 23.1. The minimum absolute atomic E-state index is 0.0813. The van der Waals surface area contributed by atoms with Gasteiger partial charge in [0.1, 0.15) is 6.54 Å². The molecule has 78 valence electrons. The van der Waals surface area contributed by atoms with Crippen molar-refractivity contribution in [3.63, 3.8) is 0 Å². The Balaban J connectivity index is 2.49. The van der Waals surface area contributed by atoms with Crippen molar-refractivity contribution in [2.45, 2.75) is 12.5 Å². The maximum absolute atomic E-state index is 11.6. The summed E-state index contributed by atoms with van der Waals surface area (Å²) in [5, 5.41) is 8.49. The van der Waals surface area contributed by atoms with Gasteiger partial charge in [-0.25, -0.2) is 0 Å². The van der Waals surface area contributed by atoms with Crippen molar-refractivity contribution >= 4 is 11.9 Å². The zero-order valence-corrected chi connectivity index (χ0v) is 8.01. The van der Waals surface area contributed by atoms with Crippen LogP contribution in [-0.2, 0) is 9.59 Å². The number of amides is 1. The average molecular weight is 198 g/mol. The summed E-state index contributed by atoms with van der Waals surface area (Å²) >= 11 is 0. The summed E-state index contributed by atoms with van der Waals surface area (Å²) in [6, 6.07) is -0.0813. The van der Waals surface area contributed by atoms with Gasteiger partial charge in [-0.2, -0.15) is 0 Å². The number of nitrogens with two attached hydrogens (primary N) is 1. The molecule has 0 aromatic rings. The minimum Gasteiger partial charge on any atom is -0.480 e. The van der Waals surface area contributed by atoms with Crippen molar-refractivity contribution in [3.05, 3.63) is 12.2 Å². The molecule has 0 aliphatic heterocycles. The highest BCUT2D eigenvalue weighted by Crippen LogP contribution is 2.18. The first-order valence-electron chi connectivity index (χ1n) is 4.41. The van der Waals surface area contributed by atoms with Gasteiger partial charge in [0.25, 0.3) is 0 Å². The molecule has 0 aromatic carbocycles. The summed E-state index contributed by atoms with van der Waals surface area (Å²) in [6.45, 7) is -0.265. The van der Waals surface area contributed by atoms with E-state index in [0.29, 0.717) is 6.42 Å². The summed E-state index contributed by atoms with van der Waals surface area (Å²) < 4.78 is 0. The Morgan fingerprint density at radius 2 is 2.21 bits per heavy atom. The highest BCUT2D eigenvalue weighted by molar-refractivity contribution is 5.84. The molecule has 0 fully saturated rings. The molecule has 2 atom stereocenters. The summed E-state index contributed by atoms with van der Waals surface area (Å²) in [6.07, 6.45) is 4.09. The Hall–Kier alpha value is -1.36. The molecule has 2 unspecified atom stereocenters. The van der Waals surface area contributed by atoms with Gasteiger partial charge in [-0.15, -0.1) is 0 Å².